The highest BCUT2D eigenvalue weighted by molar-refractivity contribution is 5.79. The average Bonchev–Trinajstić information content (AvgIpc) is 3.45. The van der Waals surface area contributed by atoms with Gasteiger partial charge in [0.15, 0.2) is 29.2 Å². The summed E-state index contributed by atoms with van der Waals surface area (Å²) in [6.07, 6.45) is 2.72. The second-order valence-corrected chi connectivity index (χ2v) is 10.3. The Morgan fingerprint density at radius 3 is 2.50 bits per heavy atom. The third-order valence-corrected chi connectivity index (χ3v) is 7.19. The first-order valence-corrected chi connectivity index (χ1v) is 13.7. The van der Waals surface area contributed by atoms with Gasteiger partial charge in [-0.05, 0) is 38.1 Å². The lowest BCUT2D eigenvalue weighted by Crippen LogP contribution is -2.18. The standard InChI is InChI=1S/C32H27FN6O3/c1-19(2)38-28-26(15-16-34-30(28)37-32(38)40)41-25-14-13-21(17-24(25)33)36-31-29(42-31)23-18-35-39(22-11-7-4-8-12-22)27(23)20-9-5-3-6-10-20/h3-19,29,31,36H,1-2H3,(H,34,37,40). The molecule has 4 heterocycles. The number of imidazole rings is 1. The molecule has 9 nitrogen and oxygen atoms in total. The van der Waals surface area contributed by atoms with Gasteiger partial charge in [0.2, 0.25) is 0 Å². The topological polar surface area (TPSA) is 102 Å². The Morgan fingerprint density at radius 1 is 1.00 bits per heavy atom. The van der Waals surface area contributed by atoms with E-state index >= 15 is 4.39 Å². The van der Waals surface area contributed by atoms with Crippen molar-refractivity contribution in [3.8, 4) is 28.4 Å². The minimum atomic E-state index is -0.557. The number of hydrogen-bond acceptors (Lipinski definition) is 6. The average molecular weight is 563 g/mol. The summed E-state index contributed by atoms with van der Waals surface area (Å²) >= 11 is 0. The van der Waals surface area contributed by atoms with Crippen LogP contribution in [0.2, 0.25) is 0 Å². The van der Waals surface area contributed by atoms with Gasteiger partial charge >= 0.3 is 5.69 Å². The maximum Gasteiger partial charge on any atom is 0.328 e. The van der Waals surface area contributed by atoms with E-state index in [4.69, 9.17) is 9.47 Å². The number of nitrogens with one attached hydrogen (secondary N) is 2. The second-order valence-electron chi connectivity index (χ2n) is 10.3. The summed E-state index contributed by atoms with van der Waals surface area (Å²) in [6.45, 7) is 3.77. The van der Waals surface area contributed by atoms with E-state index in [2.05, 4.69) is 20.4 Å². The van der Waals surface area contributed by atoms with Crippen molar-refractivity contribution < 1.29 is 13.9 Å². The molecule has 2 N–H and O–H groups in total. The van der Waals surface area contributed by atoms with Gasteiger partial charge in [-0.1, -0.05) is 48.5 Å². The van der Waals surface area contributed by atoms with E-state index in [1.807, 2.05) is 85.4 Å². The number of fused-ring (bicyclic) bond motifs is 1. The van der Waals surface area contributed by atoms with Gasteiger partial charge in [0.1, 0.15) is 11.6 Å². The van der Waals surface area contributed by atoms with E-state index in [0.717, 1.165) is 22.5 Å². The lowest BCUT2D eigenvalue weighted by molar-refractivity contribution is 0.386. The summed E-state index contributed by atoms with van der Waals surface area (Å²) in [5, 5.41) is 7.94. The molecule has 0 aliphatic carbocycles. The van der Waals surface area contributed by atoms with Crippen molar-refractivity contribution >= 4 is 16.9 Å². The Bertz CT molecular complexity index is 1950. The number of H-pyrrole nitrogens is 1. The zero-order valence-corrected chi connectivity index (χ0v) is 22.9. The molecule has 0 saturated carbocycles. The number of aromatic nitrogens is 5. The third-order valence-electron chi connectivity index (χ3n) is 7.19. The van der Waals surface area contributed by atoms with E-state index in [9.17, 15) is 4.79 Å². The predicted molar refractivity (Wildman–Crippen MR) is 157 cm³/mol. The van der Waals surface area contributed by atoms with Gasteiger partial charge in [0.25, 0.3) is 0 Å². The maximum absolute atomic E-state index is 15.3. The quantitative estimate of drug-likeness (QED) is 0.203. The number of anilines is 1. The van der Waals surface area contributed by atoms with Crippen LogP contribution < -0.4 is 15.7 Å². The summed E-state index contributed by atoms with van der Waals surface area (Å²) in [7, 11) is 0. The molecule has 42 heavy (non-hydrogen) atoms. The highest BCUT2D eigenvalue weighted by Crippen LogP contribution is 2.44. The van der Waals surface area contributed by atoms with Crippen molar-refractivity contribution in [1.82, 2.24) is 24.3 Å². The van der Waals surface area contributed by atoms with Gasteiger partial charge in [-0.2, -0.15) is 5.10 Å². The van der Waals surface area contributed by atoms with Gasteiger partial charge in [0, 0.05) is 41.2 Å². The number of pyridine rings is 1. The van der Waals surface area contributed by atoms with Crippen LogP contribution in [0.4, 0.5) is 10.1 Å². The lowest BCUT2D eigenvalue weighted by Gasteiger charge is -2.13. The molecule has 2 unspecified atom stereocenters. The molecule has 0 bridgehead atoms. The third kappa shape index (κ3) is 4.61. The first kappa shape index (κ1) is 25.7. The SMILES string of the molecule is CC(C)n1c(=O)[nH]c2nccc(Oc3ccc(NC4OC4c4cnn(-c5ccccc5)c4-c4ccccc4)cc3F)c21. The zero-order chi connectivity index (χ0) is 28.8. The number of epoxide rings is 1. The molecule has 10 heteroatoms. The summed E-state index contributed by atoms with van der Waals surface area (Å²) in [5.74, 6) is -0.195. The Kier molecular flexibility index (Phi) is 6.32. The van der Waals surface area contributed by atoms with Crippen molar-refractivity contribution in [1.29, 1.82) is 0 Å². The van der Waals surface area contributed by atoms with E-state index in [-0.39, 0.29) is 29.8 Å². The normalized spacial score (nSPS) is 16.2. The molecule has 1 aliphatic heterocycles. The molecule has 2 atom stereocenters. The molecule has 3 aromatic carbocycles. The van der Waals surface area contributed by atoms with Crippen LogP contribution in [0, 0.1) is 5.82 Å². The maximum atomic E-state index is 15.3. The van der Waals surface area contributed by atoms with Gasteiger partial charge in [-0.3, -0.25) is 9.55 Å². The van der Waals surface area contributed by atoms with Crippen molar-refractivity contribution in [3.63, 3.8) is 0 Å². The van der Waals surface area contributed by atoms with Crippen LogP contribution in [-0.4, -0.2) is 30.5 Å². The van der Waals surface area contributed by atoms with Gasteiger partial charge in [0.05, 0.1) is 17.6 Å². The fourth-order valence-corrected chi connectivity index (χ4v) is 5.23. The molecular formula is C32H27FN6O3. The Hall–Kier alpha value is -5.22. The van der Waals surface area contributed by atoms with Crippen LogP contribution >= 0.6 is 0 Å². The van der Waals surface area contributed by atoms with Crippen LogP contribution in [-0.2, 0) is 4.74 Å². The number of rotatable bonds is 8. The molecule has 0 spiro atoms. The molecule has 6 aromatic rings. The number of para-hydroxylation sites is 1. The zero-order valence-electron chi connectivity index (χ0n) is 22.9. The first-order chi connectivity index (χ1) is 20.5. The molecule has 3 aromatic heterocycles. The highest BCUT2D eigenvalue weighted by Gasteiger charge is 2.43. The van der Waals surface area contributed by atoms with Crippen LogP contribution in [0.3, 0.4) is 0 Å². The molecule has 0 radical (unpaired) electrons. The van der Waals surface area contributed by atoms with Crippen molar-refractivity contribution in [2.45, 2.75) is 32.2 Å². The molecule has 1 aliphatic rings. The minimum absolute atomic E-state index is 0.0285. The number of benzene rings is 3. The molecular weight excluding hydrogens is 535 g/mol. The Morgan fingerprint density at radius 2 is 1.76 bits per heavy atom. The molecule has 7 rings (SSSR count). The number of ether oxygens (including phenoxy) is 2. The Balaban J connectivity index is 1.13. The Labute approximate surface area is 240 Å². The van der Waals surface area contributed by atoms with Crippen molar-refractivity contribution in [3.05, 3.63) is 119 Å². The van der Waals surface area contributed by atoms with Crippen molar-refractivity contribution in [2.24, 2.45) is 0 Å². The summed E-state index contributed by atoms with van der Waals surface area (Å²) in [6, 6.07) is 26.1. The fraction of sp³-hybridized carbons (Fsp3) is 0.156. The predicted octanol–water partition coefficient (Wildman–Crippen LogP) is 6.60. The van der Waals surface area contributed by atoms with Gasteiger partial charge < -0.3 is 14.8 Å². The highest BCUT2D eigenvalue weighted by atomic mass is 19.1. The molecule has 0 amide bonds. The van der Waals surface area contributed by atoms with Crippen LogP contribution in [0.25, 0.3) is 28.1 Å². The summed E-state index contributed by atoms with van der Waals surface area (Å²) < 4.78 is 30.7. The molecule has 1 saturated heterocycles. The van der Waals surface area contributed by atoms with E-state index in [1.165, 1.54) is 12.3 Å². The van der Waals surface area contributed by atoms with E-state index in [0.29, 0.717) is 22.6 Å². The number of nitrogens with zero attached hydrogens (tertiary/aromatic N) is 4. The smallest absolute Gasteiger partial charge is 0.328 e. The number of aromatic amines is 1. The number of halogens is 1. The lowest BCUT2D eigenvalue weighted by atomic mass is 10.1. The number of hydrogen-bond donors (Lipinski definition) is 2. The first-order valence-electron chi connectivity index (χ1n) is 13.7. The monoisotopic (exact) mass is 562 g/mol. The van der Waals surface area contributed by atoms with Crippen molar-refractivity contribution in [2.75, 3.05) is 5.32 Å². The van der Waals surface area contributed by atoms with E-state index in [1.54, 1.807) is 22.8 Å². The second kappa shape index (κ2) is 10.3. The summed E-state index contributed by atoms with van der Waals surface area (Å²) in [4.78, 5) is 19.4. The van der Waals surface area contributed by atoms with E-state index < -0.39 is 5.82 Å². The minimum Gasteiger partial charge on any atom is -0.452 e. The van der Waals surface area contributed by atoms with Crippen LogP contribution in [0.1, 0.15) is 31.6 Å². The summed E-state index contributed by atoms with van der Waals surface area (Å²) in [5.41, 5.74) is 4.96. The van der Waals surface area contributed by atoms with Crippen LogP contribution in [0.15, 0.2) is 102 Å². The van der Waals surface area contributed by atoms with Gasteiger partial charge in [-0.15, -0.1) is 0 Å². The van der Waals surface area contributed by atoms with Crippen LogP contribution in [0.5, 0.6) is 11.5 Å². The fourth-order valence-electron chi connectivity index (χ4n) is 5.23. The molecule has 210 valence electrons. The van der Waals surface area contributed by atoms with Gasteiger partial charge in [-0.25, -0.2) is 18.9 Å². The molecule has 1 fully saturated rings. The largest absolute Gasteiger partial charge is 0.452 e.